The molecule has 138 valence electrons. The molecule has 2 aromatic rings. The number of carbonyl (C=O) groups is 3. The van der Waals surface area contributed by atoms with Crippen molar-refractivity contribution >= 4 is 23.4 Å². The number of hydrogen-bond acceptors (Lipinski definition) is 3. The highest BCUT2D eigenvalue weighted by Gasteiger charge is 2.37. The normalized spacial score (nSPS) is 17.4. The van der Waals surface area contributed by atoms with Crippen LogP contribution in [0.5, 0.6) is 0 Å². The molecule has 0 radical (unpaired) electrons. The molecule has 2 aliphatic rings. The van der Waals surface area contributed by atoms with Crippen molar-refractivity contribution in [2.45, 2.75) is 26.7 Å². The number of benzene rings is 2. The molecule has 1 saturated heterocycles. The molecule has 2 heterocycles. The van der Waals surface area contributed by atoms with E-state index in [4.69, 9.17) is 0 Å². The zero-order valence-electron chi connectivity index (χ0n) is 15.6. The minimum atomic E-state index is -0.374. The molecular weight excluding hydrogens is 340 g/mol. The third kappa shape index (κ3) is 3.03. The number of amides is 3. The average Bonchev–Trinajstić information content (AvgIpc) is 2.93. The molecule has 2 aliphatic heterocycles. The first-order valence-electron chi connectivity index (χ1n) is 9.34. The van der Waals surface area contributed by atoms with Gasteiger partial charge >= 0.3 is 0 Å². The molecule has 5 heteroatoms. The Morgan fingerprint density at radius 1 is 0.926 bits per heavy atom. The minimum absolute atomic E-state index is 0.0706. The minimum Gasteiger partial charge on any atom is -0.339 e. The number of piperidine rings is 1. The smallest absolute Gasteiger partial charge is 0.266 e. The van der Waals surface area contributed by atoms with Gasteiger partial charge in [0.25, 0.3) is 17.7 Å². The van der Waals surface area contributed by atoms with Gasteiger partial charge in [0.15, 0.2) is 0 Å². The van der Waals surface area contributed by atoms with Crippen LogP contribution in [0, 0.1) is 12.8 Å². The fourth-order valence-corrected chi connectivity index (χ4v) is 3.70. The maximum atomic E-state index is 12.9. The van der Waals surface area contributed by atoms with Crippen LogP contribution < -0.4 is 4.90 Å². The highest BCUT2D eigenvalue weighted by atomic mass is 16.2. The van der Waals surface area contributed by atoms with Gasteiger partial charge in [-0.15, -0.1) is 0 Å². The van der Waals surface area contributed by atoms with Crippen molar-refractivity contribution in [3.63, 3.8) is 0 Å². The van der Waals surface area contributed by atoms with Crippen molar-refractivity contribution in [2.75, 3.05) is 18.0 Å². The van der Waals surface area contributed by atoms with E-state index in [1.54, 1.807) is 30.3 Å². The molecule has 27 heavy (non-hydrogen) atoms. The van der Waals surface area contributed by atoms with Crippen LogP contribution in [0.2, 0.25) is 0 Å². The number of nitrogens with zero attached hydrogens (tertiary/aromatic N) is 2. The number of fused-ring (bicyclic) bond motifs is 1. The Morgan fingerprint density at radius 3 is 2.22 bits per heavy atom. The van der Waals surface area contributed by atoms with E-state index < -0.39 is 0 Å². The van der Waals surface area contributed by atoms with Gasteiger partial charge in [0.2, 0.25) is 0 Å². The zero-order valence-corrected chi connectivity index (χ0v) is 15.6. The van der Waals surface area contributed by atoms with E-state index in [0.717, 1.165) is 31.5 Å². The third-order valence-corrected chi connectivity index (χ3v) is 5.50. The topological polar surface area (TPSA) is 57.7 Å². The van der Waals surface area contributed by atoms with Crippen LogP contribution in [-0.2, 0) is 0 Å². The van der Waals surface area contributed by atoms with Crippen LogP contribution in [0.15, 0.2) is 42.5 Å². The van der Waals surface area contributed by atoms with Crippen molar-refractivity contribution in [2.24, 2.45) is 5.92 Å². The number of likely N-dealkylation sites (tertiary alicyclic amines) is 1. The van der Waals surface area contributed by atoms with E-state index in [1.807, 2.05) is 24.0 Å². The predicted molar refractivity (Wildman–Crippen MR) is 103 cm³/mol. The van der Waals surface area contributed by atoms with E-state index in [9.17, 15) is 14.4 Å². The van der Waals surface area contributed by atoms with E-state index >= 15 is 0 Å². The molecule has 1 fully saturated rings. The summed E-state index contributed by atoms with van der Waals surface area (Å²) in [7, 11) is 0. The van der Waals surface area contributed by atoms with Gasteiger partial charge in [0.1, 0.15) is 0 Å². The van der Waals surface area contributed by atoms with Gasteiger partial charge in [-0.05, 0) is 56.0 Å². The van der Waals surface area contributed by atoms with Crippen LogP contribution in [0.25, 0.3) is 0 Å². The average molecular weight is 362 g/mol. The molecule has 0 N–H and O–H groups in total. The number of aryl methyl sites for hydroxylation is 1. The summed E-state index contributed by atoms with van der Waals surface area (Å²) in [4.78, 5) is 41.4. The maximum absolute atomic E-state index is 12.9. The Balaban J connectivity index is 1.62. The second-order valence-corrected chi connectivity index (χ2v) is 7.52. The summed E-state index contributed by atoms with van der Waals surface area (Å²) in [5.41, 5.74) is 2.72. The second kappa shape index (κ2) is 6.65. The number of hydrogen-bond donors (Lipinski definition) is 0. The molecule has 0 aromatic heterocycles. The van der Waals surface area contributed by atoms with Crippen molar-refractivity contribution in [1.29, 1.82) is 0 Å². The third-order valence-electron chi connectivity index (χ3n) is 5.50. The Kier molecular flexibility index (Phi) is 4.30. The first kappa shape index (κ1) is 17.5. The molecule has 2 aromatic carbocycles. The highest BCUT2D eigenvalue weighted by Crippen LogP contribution is 2.30. The van der Waals surface area contributed by atoms with E-state index in [0.29, 0.717) is 28.3 Å². The standard InChI is InChI=1S/C22H22N2O3/c1-14-3-6-17(7-4-14)24-21(26)18-8-5-16(13-19(18)22(24)27)20(25)23-11-9-15(2)10-12-23/h3-8,13,15H,9-12H2,1-2H3. The molecule has 5 nitrogen and oxygen atoms in total. The summed E-state index contributed by atoms with van der Waals surface area (Å²) in [6.07, 6.45) is 1.99. The summed E-state index contributed by atoms with van der Waals surface area (Å²) in [5.74, 6) is -0.152. The summed E-state index contributed by atoms with van der Waals surface area (Å²) < 4.78 is 0. The lowest BCUT2D eigenvalue weighted by Gasteiger charge is -2.30. The van der Waals surface area contributed by atoms with Crippen molar-refractivity contribution in [3.05, 3.63) is 64.7 Å². The first-order valence-corrected chi connectivity index (χ1v) is 9.34. The Hall–Kier alpha value is -2.95. The quantitative estimate of drug-likeness (QED) is 0.766. The van der Waals surface area contributed by atoms with E-state index in [-0.39, 0.29) is 17.7 Å². The predicted octanol–water partition coefficient (Wildman–Crippen LogP) is 3.67. The monoisotopic (exact) mass is 362 g/mol. The molecule has 0 saturated carbocycles. The van der Waals surface area contributed by atoms with Gasteiger partial charge in [-0.2, -0.15) is 0 Å². The molecule has 0 bridgehead atoms. The van der Waals surface area contributed by atoms with Crippen molar-refractivity contribution < 1.29 is 14.4 Å². The van der Waals surface area contributed by atoms with Gasteiger partial charge in [0.05, 0.1) is 16.8 Å². The zero-order chi connectivity index (χ0) is 19.1. The fraction of sp³-hybridized carbons (Fsp3) is 0.318. The van der Waals surface area contributed by atoms with Gasteiger partial charge in [-0.25, -0.2) is 4.90 Å². The molecular formula is C22H22N2O3. The lowest BCUT2D eigenvalue weighted by Crippen LogP contribution is -2.38. The molecule has 3 amide bonds. The van der Waals surface area contributed by atoms with Crippen molar-refractivity contribution in [1.82, 2.24) is 4.90 Å². The largest absolute Gasteiger partial charge is 0.339 e. The van der Waals surface area contributed by atoms with E-state index in [1.165, 1.54) is 4.90 Å². The van der Waals surface area contributed by atoms with Gasteiger partial charge in [0, 0.05) is 18.7 Å². The molecule has 0 spiro atoms. The Morgan fingerprint density at radius 2 is 1.56 bits per heavy atom. The number of anilines is 1. The molecule has 0 unspecified atom stereocenters. The van der Waals surface area contributed by atoms with Gasteiger partial charge < -0.3 is 4.90 Å². The highest BCUT2D eigenvalue weighted by molar-refractivity contribution is 6.34. The number of carbonyl (C=O) groups excluding carboxylic acids is 3. The van der Waals surface area contributed by atoms with Crippen LogP contribution in [-0.4, -0.2) is 35.7 Å². The Labute approximate surface area is 158 Å². The summed E-state index contributed by atoms with van der Waals surface area (Å²) >= 11 is 0. The maximum Gasteiger partial charge on any atom is 0.266 e. The van der Waals surface area contributed by atoms with Crippen molar-refractivity contribution in [3.8, 4) is 0 Å². The lowest BCUT2D eigenvalue weighted by atomic mass is 9.98. The summed E-state index contributed by atoms with van der Waals surface area (Å²) in [6, 6.07) is 12.1. The second-order valence-electron chi connectivity index (χ2n) is 7.52. The lowest BCUT2D eigenvalue weighted by molar-refractivity contribution is 0.0697. The number of imide groups is 1. The van der Waals surface area contributed by atoms with Crippen LogP contribution >= 0.6 is 0 Å². The number of rotatable bonds is 2. The van der Waals surface area contributed by atoms with Crippen LogP contribution in [0.4, 0.5) is 5.69 Å². The Bertz CT molecular complexity index is 925. The van der Waals surface area contributed by atoms with E-state index in [2.05, 4.69) is 6.92 Å². The summed E-state index contributed by atoms with van der Waals surface area (Å²) in [5, 5.41) is 0. The SMILES string of the molecule is Cc1ccc(N2C(=O)c3ccc(C(=O)N4CCC(C)CC4)cc3C2=O)cc1. The first-order chi connectivity index (χ1) is 13.0. The van der Waals surface area contributed by atoms with Crippen LogP contribution in [0.3, 0.4) is 0 Å². The molecule has 4 rings (SSSR count). The fourth-order valence-electron chi connectivity index (χ4n) is 3.70. The van der Waals surface area contributed by atoms with Gasteiger partial charge in [-0.1, -0.05) is 24.6 Å². The molecule has 0 atom stereocenters. The molecule has 0 aliphatic carbocycles. The summed E-state index contributed by atoms with van der Waals surface area (Å²) in [6.45, 7) is 5.62. The van der Waals surface area contributed by atoms with Crippen LogP contribution in [0.1, 0.15) is 56.4 Å². The van der Waals surface area contributed by atoms with Gasteiger partial charge in [-0.3, -0.25) is 14.4 Å².